The molecule has 0 radical (unpaired) electrons. The molecule has 17 heavy (non-hydrogen) atoms. The average Bonchev–Trinajstić information content (AvgIpc) is 2.36. The molecule has 0 aliphatic carbocycles. The summed E-state index contributed by atoms with van der Waals surface area (Å²) in [4.78, 5) is 13.8. The lowest BCUT2D eigenvalue weighted by Crippen LogP contribution is -2.49. The zero-order valence-electron chi connectivity index (χ0n) is 10.7. The predicted molar refractivity (Wildman–Crippen MR) is 67.4 cm³/mol. The number of carbonyl (C=O) groups is 1. The van der Waals surface area contributed by atoms with Crippen LogP contribution in [0.4, 0.5) is 4.79 Å². The van der Waals surface area contributed by atoms with E-state index in [0.717, 1.165) is 12.8 Å². The minimum absolute atomic E-state index is 0. The third kappa shape index (κ3) is 3.26. The zero-order chi connectivity index (χ0) is 11.9. The fourth-order valence-electron chi connectivity index (χ4n) is 2.76. The lowest BCUT2D eigenvalue weighted by Gasteiger charge is -2.37. The van der Waals surface area contributed by atoms with E-state index in [-0.39, 0.29) is 36.7 Å². The maximum Gasteiger partial charge on any atom is 0.410 e. The van der Waals surface area contributed by atoms with Crippen LogP contribution in [0.25, 0.3) is 0 Å². The first kappa shape index (κ1) is 14.6. The number of aliphatic hydroxyl groups excluding tert-OH is 1. The van der Waals surface area contributed by atoms with Crippen molar-refractivity contribution in [2.45, 2.75) is 70.2 Å². The summed E-state index contributed by atoms with van der Waals surface area (Å²) in [7, 11) is 0. The molecule has 1 amide bonds. The topological polar surface area (TPSA) is 49.8 Å². The molecule has 2 rings (SSSR count). The number of piperidine rings is 1. The van der Waals surface area contributed by atoms with Crippen LogP contribution in [-0.4, -0.2) is 39.9 Å². The Balaban J connectivity index is 0.00000144. The SMILES string of the molecule is CC(C)(C)OC(=O)N1C2CCC1CC(O)C2.Cl. The summed E-state index contributed by atoms with van der Waals surface area (Å²) in [6, 6.07) is 0.368. The number of carbonyl (C=O) groups excluding carboxylic acids is 1. The number of fused-ring (bicyclic) bond motifs is 2. The monoisotopic (exact) mass is 263 g/mol. The number of hydrogen-bond acceptors (Lipinski definition) is 3. The molecule has 2 saturated heterocycles. The van der Waals surface area contributed by atoms with Crippen molar-refractivity contribution in [3.63, 3.8) is 0 Å². The van der Waals surface area contributed by atoms with Crippen LogP contribution >= 0.6 is 12.4 Å². The van der Waals surface area contributed by atoms with Gasteiger partial charge in [-0.1, -0.05) is 0 Å². The number of ether oxygens (including phenoxy) is 1. The molecule has 2 unspecified atom stereocenters. The van der Waals surface area contributed by atoms with Gasteiger partial charge >= 0.3 is 6.09 Å². The van der Waals surface area contributed by atoms with Crippen LogP contribution in [0.2, 0.25) is 0 Å². The number of rotatable bonds is 0. The van der Waals surface area contributed by atoms with Crippen LogP contribution in [0, 0.1) is 0 Å². The lowest BCUT2D eigenvalue weighted by molar-refractivity contribution is -0.0110. The minimum Gasteiger partial charge on any atom is -0.444 e. The number of amides is 1. The van der Waals surface area contributed by atoms with Crippen molar-refractivity contribution in [1.82, 2.24) is 4.90 Å². The molecule has 0 aromatic carbocycles. The van der Waals surface area contributed by atoms with Gasteiger partial charge in [0.05, 0.1) is 6.10 Å². The molecule has 0 saturated carbocycles. The molecular formula is C12H22ClNO3. The summed E-state index contributed by atoms with van der Waals surface area (Å²) in [6.07, 6.45) is 2.95. The molecule has 1 N–H and O–H groups in total. The number of aliphatic hydroxyl groups is 1. The fraction of sp³-hybridized carbons (Fsp3) is 0.917. The van der Waals surface area contributed by atoms with Gasteiger partial charge in [-0.15, -0.1) is 12.4 Å². The van der Waals surface area contributed by atoms with Gasteiger partial charge in [0.1, 0.15) is 5.60 Å². The molecule has 2 aliphatic rings. The fourth-order valence-corrected chi connectivity index (χ4v) is 2.76. The number of nitrogens with zero attached hydrogens (tertiary/aromatic N) is 1. The second-order valence-corrected chi connectivity index (χ2v) is 5.90. The van der Waals surface area contributed by atoms with Gasteiger partial charge in [-0.3, -0.25) is 0 Å². The summed E-state index contributed by atoms with van der Waals surface area (Å²) in [5.74, 6) is 0. The maximum atomic E-state index is 12.0. The molecule has 2 aliphatic heterocycles. The van der Waals surface area contributed by atoms with Gasteiger partial charge < -0.3 is 14.7 Å². The Morgan fingerprint density at radius 3 is 2.12 bits per heavy atom. The van der Waals surface area contributed by atoms with Crippen molar-refractivity contribution in [3.05, 3.63) is 0 Å². The van der Waals surface area contributed by atoms with Crippen molar-refractivity contribution < 1.29 is 14.6 Å². The minimum atomic E-state index is -0.438. The van der Waals surface area contributed by atoms with Crippen molar-refractivity contribution >= 4 is 18.5 Å². The van der Waals surface area contributed by atoms with Gasteiger partial charge in [0.2, 0.25) is 0 Å². The Labute approximate surface area is 109 Å². The Kier molecular flexibility index (Phi) is 4.31. The van der Waals surface area contributed by atoms with E-state index in [1.165, 1.54) is 0 Å². The van der Waals surface area contributed by atoms with Crippen molar-refractivity contribution in [3.8, 4) is 0 Å². The molecule has 2 atom stereocenters. The Morgan fingerprint density at radius 2 is 1.71 bits per heavy atom. The highest BCUT2D eigenvalue weighted by atomic mass is 35.5. The van der Waals surface area contributed by atoms with Gasteiger partial charge in [-0.05, 0) is 46.5 Å². The maximum absolute atomic E-state index is 12.0. The Hall–Kier alpha value is -0.480. The standard InChI is InChI=1S/C12H21NO3.ClH/c1-12(2,3)16-11(15)13-8-4-5-9(13)7-10(14)6-8;/h8-10,14H,4-7H2,1-3H3;1H. The van der Waals surface area contributed by atoms with E-state index in [9.17, 15) is 9.90 Å². The van der Waals surface area contributed by atoms with Crippen LogP contribution < -0.4 is 0 Å². The van der Waals surface area contributed by atoms with Crippen LogP contribution in [0.5, 0.6) is 0 Å². The van der Waals surface area contributed by atoms with Gasteiger partial charge in [0.25, 0.3) is 0 Å². The van der Waals surface area contributed by atoms with Gasteiger partial charge in [-0.25, -0.2) is 4.79 Å². The second-order valence-electron chi connectivity index (χ2n) is 5.90. The highest BCUT2D eigenvalue weighted by molar-refractivity contribution is 5.85. The molecule has 5 heteroatoms. The van der Waals surface area contributed by atoms with E-state index in [2.05, 4.69) is 0 Å². The van der Waals surface area contributed by atoms with E-state index in [0.29, 0.717) is 12.8 Å². The Bertz CT molecular complexity index is 276. The Morgan fingerprint density at radius 1 is 1.24 bits per heavy atom. The molecule has 2 bridgehead atoms. The molecule has 2 heterocycles. The van der Waals surface area contributed by atoms with Gasteiger partial charge in [0, 0.05) is 12.1 Å². The number of hydrogen-bond donors (Lipinski definition) is 1. The van der Waals surface area contributed by atoms with Crippen LogP contribution in [0.3, 0.4) is 0 Å². The van der Waals surface area contributed by atoms with Gasteiger partial charge in [0.15, 0.2) is 0 Å². The van der Waals surface area contributed by atoms with Gasteiger partial charge in [-0.2, -0.15) is 0 Å². The van der Waals surface area contributed by atoms with Crippen LogP contribution in [0.1, 0.15) is 46.5 Å². The predicted octanol–water partition coefficient (Wildman–Crippen LogP) is 2.33. The zero-order valence-corrected chi connectivity index (χ0v) is 11.5. The summed E-state index contributed by atoms with van der Waals surface area (Å²) in [6.45, 7) is 5.64. The third-order valence-electron chi connectivity index (χ3n) is 3.31. The average molecular weight is 264 g/mol. The number of halogens is 1. The van der Waals surface area contributed by atoms with Crippen molar-refractivity contribution in [2.75, 3.05) is 0 Å². The summed E-state index contributed by atoms with van der Waals surface area (Å²) < 4.78 is 5.40. The van der Waals surface area contributed by atoms with E-state index >= 15 is 0 Å². The molecule has 2 fully saturated rings. The van der Waals surface area contributed by atoms with Crippen LogP contribution in [-0.2, 0) is 4.74 Å². The smallest absolute Gasteiger partial charge is 0.410 e. The van der Waals surface area contributed by atoms with E-state index in [1.54, 1.807) is 0 Å². The summed E-state index contributed by atoms with van der Waals surface area (Å²) >= 11 is 0. The molecule has 4 nitrogen and oxygen atoms in total. The lowest BCUT2D eigenvalue weighted by atomic mass is 10.0. The first-order valence-corrected chi connectivity index (χ1v) is 6.06. The molecule has 0 aromatic heterocycles. The van der Waals surface area contributed by atoms with E-state index < -0.39 is 5.60 Å². The highest BCUT2D eigenvalue weighted by Crippen LogP contribution is 2.36. The molecular weight excluding hydrogens is 242 g/mol. The molecule has 0 aromatic rings. The van der Waals surface area contributed by atoms with E-state index in [4.69, 9.17) is 4.74 Å². The third-order valence-corrected chi connectivity index (χ3v) is 3.31. The summed E-state index contributed by atoms with van der Waals surface area (Å²) in [5.41, 5.74) is -0.438. The first-order chi connectivity index (χ1) is 7.37. The quantitative estimate of drug-likeness (QED) is 0.730. The molecule has 100 valence electrons. The van der Waals surface area contributed by atoms with Crippen LogP contribution in [0.15, 0.2) is 0 Å². The van der Waals surface area contributed by atoms with E-state index in [1.807, 2.05) is 25.7 Å². The van der Waals surface area contributed by atoms with Crippen molar-refractivity contribution in [1.29, 1.82) is 0 Å². The first-order valence-electron chi connectivity index (χ1n) is 6.06. The highest BCUT2D eigenvalue weighted by Gasteiger charge is 2.44. The molecule has 0 spiro atoms. The largest absolute Gasteiger partial charge is 0.444 e. The second kappa shape index (κ2) is 5.02. The van der Waals surface area contributed by atoms with Crippen molar-refractivity contribution in [2.24, 2.45) is 0 Å². The normalized spacial score (nSPS) is 32.0. The summed E-state index contributed by atoms with van der Waals surface area (Å²) in [5, 5.41) is 9.64.